The number of carbonyl (C=O) groups is 2. The molecule has 22 heavy (non-hydrogen) atoms. The van der Waals surface area contributed by atoms with Gasteiger partial charge in [0.1, 0.15) is 11.6 Å². The quantitative estimate of drug-likeness (QED) is 0.581. The molecule has 1 aliphatic heterocycles. The van der Waals surface area contributed by atoms with E-state index in [0.717, 1.165) is 6.42 Å². The van der Waals surface area contributed by atoms with Crippen molar-refractivity contribution >= 4 is 12.1 Å². The monoisotopic (exact) mass is 309 g/mol. The van der Waals surface area contributed by atoms with Gasteiger partial charge < -0.3 is 9.47 Å². The first kappa shape index (κ1) is 16.8. The highest BCUT2D eigenvalue weighted by molar-refractivity contribution is 5.83. The molecule has 5 heteroatoms. The predicted octanol–water partition coefficient (Wildman–Crippen LogP) is 3.14. The van der Waals surface area contributed by atoms with E-state index in [1.807, 2.05) is 20.8 Å². The Hall–Kier alpha value is -1.52. The van der Waals surface area contributed by atoms with Crippen LogP contribution in [-0.2, 0) is 14.3 Å². The Morgan fingerprint density at radius 1 is 1.41 bits per heavy atom. The molecule has 0 radical (unpaired) electrons. The van der Waals surface area contributed by atoms with Gasteiger partial charge in [0.05, 0.1) is 6.61 Å². The molecule has 0 unspecified atom stereocenters. The van der Waals surface area contributed by atoms with E-state index in [9.17, 15) is 9.59 Å². The molecule has 2 aliphatic rings. The van der Waals surface area contributed by atoms with Crippen molar-refractivity contribution in [2.75, 3.05) is 13.2 Å². The maximum Gasteiger partial charge on any atom is 0.411 e. The van der Waals surface area contributed by atoms with Crippen LogP contribution in [0, 0.1) is 11.3 Å². The van der Waals surface area contributed by atoms with Crippen molar-refractivity contribution in [2.24, 2.45) is 11.3 Å². The molecular weight excluding hydrogens is 282 g/mol. The molecule has 1 amide bonds. The molecular formula is C17H27NO4. The second kappa shape index (κ2) is 5.60. The number of amides is 1. The fraction of sp³-hybridized carbons (Fsp3) is 0.765. The van der Waals surface area contributed by atoms with Crippen molar-refractivity contribution in [1.29, 1.82) is 0 Å². The lowest BCUT2D eigenvalue weighted by Crippen LogP contribution is -2.46. The van der Waals surface area contributed by atoms with Crippen LogP contribution < -0.4 is 0 Å². The number of carbonyl (C=O) groups excluding carboxylic acids is 2. The number of nitrogens with zero attached hydrogens (tertiary/aromatic N) is 1. The fourth-order valence-corrected chi connectivity index (χ4v) is 3.50. The number of fused-ring (bicyclic) bond motifs is 1. The summed E-state index contributed by atoms with van der Waals surface area (Å²) in [5.41, 5.74) is 0.478. The van der Waals surface area contributed by atoms with Gasteiger partial charge in [0.25, 0.3) is 0 Å². The van der Waals surface area contributed by atoms with Crippen molar-refractivity contribution in [3.8, 4) is 0 Å². The van der Waals surface area contributed by atoms with Gasteiger partial charge in [-0.05, 0) is 41.0 Å². The lowest BCUT2D eigenvalue weighted by molar-refractivity contribution is -0.149. The molecule has 0 aromatic rings. The van der Waals surface area contributed by atoms with E-state index in [2.05, 4.69) is 19.9 Å². The molecule has 3 atom stereocenters. The van der Waals surface area contributed by atoms with Gasteiger partial charge in [-0.25, -0.2) is 9.59 Å². The lowest BCUT2D eigenvalue weighted by atomic mass is 9.76. The fourth-order valence-electron chi connectivity index (χ4n) is 3.50. The van der Waals surface area contributed by atoms with E-state index in [4.69, 9.17) is 9.47 Å². The molecule has 0 bridgehead atoms. The Morgan fingerprint density at radius 2 is 2.05 bits per heavy atom. The highest BCUT2D eigenvalue weighted by Gasteiger charge is 2.57. The summed E-state index contributed by atoms with van der Waals surface area (Å²) in [6.45, 7) is 12.3. The molecule has 0 aromatic heterocycles. The third-order valence-corrected chi connectivity index (χ3v) is 4.77. The van der Waals surface area contributed by atoms with Crippen LogP contribution in [0.15, 0.2) is 11.6 Å². The molecule has 1 aliphatic carbocycles. The van der Waals surface area contributed by atoms with Crippen molar-refractivity contribution in [3.63, 3.8) is 0 Å². The van der Waals surface area contributed by atoms with Crippen LogP contribution >= 0.6 is 0 Å². The first-order valence-electron chi connectivity index (χ1n) is 7.93. The van der Waals surface area contributed by atoms with Crippen LogP contribution in [0.25, 0.3) is 0 Å². The summed E-state index contributed by atoms with van der Waals surface area (Å²) < 4.78 is 10.7. The molecule has 0 spiro atoms. The number of hydrogen-bond acceptors (Lipinski definition) is 4. The van der Waals surface area contributed by atoms with E-state index < -0.39 is 17.7 Å². The number of rotatable bonds is 2. The number of hydrogen-bond donors (Lipinski definition) is 0. The maximum atomic E-state index is 12.5. The van der Waals surface area contributed by atoms with Gasteiger partial charge in [-0.15, -0.1) is 0 Å². The first-order valence-corrected chi connectivity index (χ1v) is 7.93. The maximum absolute atomic E-state index is 12.5. The minimum Gasteiger partial charge on any atom is -0.464 e. The van der Waals surface area contributed by atoms with Crippen LogP contribution in [-0.4, -0.2) is 41.8 Å². The highest BCUT2D eigenvalue weighted by atomic mass is 16.6. The summed E-state index contributed by atoms with van der Waals surface area (Å²) in [5, 5.41) is 0. The molecule has 0 N–H and O–H groups in total. The Labute approximate surface area is 132 Å². The van der Waals surface area contributed by atoms with Crippen LogP contribution in [0.5, 0.6) is 0 Å². The Bertz CT molecular complexity index is 505. The molecule has 1 heterocycles. The summed E-state index contributed by atoms with van der Waals surface area (Å²) in [5.74, 6) is -0.260. The normalized spacial score (nSPS) is 30.8. The molecule has 1 saturated heterocycles. The Morgan fingerprint density at radius 3 is 2.59 bits per heavy atom. The van der Waals surface area contributed by atoms with Crippen molar-refractivity contribution in [3.05, 3.63) is 11.6 Å². The molecule has 0 aromatic carbocycles. The number of allylic oxidation sites excluding steroid dienone is 1. The zero-order valence-corrected chi connectivity index (χ0v) is 14.4. The van der Waals surface area contributed by atoms with Crippen LogP contribution in [0.1, 0.15) is 48.0 Å². The van der Waals surface area contributed by atoms with Crippen molar-refractivity contribution < 1.29 is 19.1 Å². The largest absolute Gasteiger partial charge is 0.464 e. The average molecular weight is 309 g/mol. The number of esters is 1. The molecule has 0 saturated carbocycles. The van der Waals surface area contributed by atoms with E-state index in [1.165, 1.54) is 5.57 Å². The Balaban J connectivity index is 2.29. The van der Waals surface area contributed by atoms with Crippen LogP contribution in [0.4, 0.5) is 4.79 Å². The van der Waals surface area contributed by atoms with Crippen LogP contribution in [0.3, 0.4) is 0 Å². The van der Waals surface area contributed by atoms with Gasteiger partial charge in [-0.3, -0.25) is 4.90 Å². The SMILES string of the molecule is CCOC(=O)[C@@H]1[C@H]2CC=C(C)[C@@]2(C)CN1C(=O)OC(C)(C)C. The van der Waals surface area contributed by atoms with Gasteiger partial charge in [-0.2, -0.15) is 0 Å². The lowest BCUT2D eigenvalue weighted by Gasteiger charge is -2.29. The topological polar surface area (TPSA) is 55.8 Å². The van der Waals surface area contributed by atoms with E-state index >= 15 is 0 Å². The number of likely N-dealkylation sites (tertiary alicyclic amines) is 1. The van der Waals surface area contributed by atoms with Crippen molar-refractivity contribution in [2.45, 2.75) is 59.6 Å². The second-order valence-electron chi connectivity index (χ2n) is 7.45. The zero-order chi connectivity index (χ0) is 16.7. The third-order valence-electron chi connectivity index (χ3n) is 4.77. The van der Waals surface area contributed by atoms with Gasteiger partial charge in [0.15, 0.2) is 0 Å². The van der Waals surface area contributed by atoms with Crippen molar-refractivity contribution in [1.82, 2.24) is 4.90 Å². The zero-order valence-electron chi connectivity index (χ0n) is 14.4. The standard InChI is InChI=1S/C17H27NO4/c1-7-21-14(19)13-12-9-8-11(2)17(12,6)10-18(13)15(20)22-16(3,4)5/h8,12-13H,7,9-10H2,1-6H3/t12-,13+,17-/m1/s1. The van der Waals surface area contributed by atoms with Gasteiger partial charge in [0, 0.05) is 17.9 Å². The Kier molecular flexibility index (Phi) is 4.28. The highest BCUT2D eigenvalue weighted by Crippen LogP contribution is 2.52. The van der Waals surface area contributed by atoms with E-state index in [-0.39, 0.29) is 17.3 Å². The molecule has 124 valence electrons. The number of ether oxygens (including phenoxy) is 2. The third kappa shape index (κ3) is 2.85. The van der Waals surface area contributed by atoms with Gasteiger partial charge >= 0.3 is 12.1 Å². The first-order chi connectivity index (χ1) is 10.1. The predicted molar refractivity (Wildman–Crippen MR) is 83.3 cm³/mol. The minimum absolute atomic E-state index is 0.0686. The summed E-state index contributed by atoms with van der Waals surface area (Å²) >= 11 is 0. The van der Waals surface area contributed by atoms with Gasteiger partial charge in [0.2, 0.25) is 0 Å². The second-order valence-corrected chi connectivity index (χ2v) is 7.45. The molecule has 1 fully saturated rings. The van der Waals surface area contributed by atoms with Gasteiger partial charge in [-0.1, -0.05) is 18.6 Å². The summed E-state index contributed by atoms with van der Waals surface area (Å²) in [6, 6.07) is -0.562. The van der Waals surface area contributed by atoms with E-state index in [1.54, 1.807) is 11.8 Å². The molecule has 5 nitrogen and oxygen atoms in total. The average Bonchev–Trinajstić information content (AvgIpc) is 2.82. The summed E-state index contributed by atoms with van der Waals surface area (Å²) in [6.07, 6.45) is 2.53. The minimum atomic E-state index is -0.584. The smallest absolute Gasteiger partial charge is 0.411 e. The summed E-state index contributed by atoms with van der Waals surface area (Å²) in [7, 11) is 0. The summed E-state index contributed by atoms with van der Waals surface area (Å²) in [4.78, 5) is 26.5. The van der Waals surface area contributed by atoms with E-state index in [0.29, 0.717) is 13.2 Å². The van der Waals surface area contributed by atoms with Crippen LogP contribution in [0.2, 0.25) is 0 Å². The molecule has 2 rings (SSSR count).